The Morgan fingerprint density at radius 2 is 1.85 bits per heavy atom. The van der Waals surface area contributed by atoms with E-state index in [1.165, 1.54) is 0 Å². The third-order valence-electron chi connectivity index (χ3n) is 3.87. The summed E-state index contributed by atoms with van der Waals surface area (Å²) in [6, 6.07) is 16.3. The predicted octanol–water partition coefficient (Wildman–Crippen LogP) is 4.99. The van der Waals surface area contributed by atoms with Crippen molar-refractivity contribution in [1.82, 2.24) is 5.43 Å². The summed E-state index contributed by atoms with van der Waals surface area (Å²) in [6.07, 6.45) is 0. The Bertz CT molecular complexity index is 1020. The van der Waals surface area contributed by atoms with Crippen LogP contribution in [-0.2, 0) is 4.79 Å². The van der Waals surface area contributed by atoms with Crippen molar-refractivity contribution in [2.45, 2.75) is 6.92 Å². The molecule has 0 radical (unpaired) electrons. The lowest BCUT2D eigenvalue weighted by atomic mass is 10.1. The molecular weight excluding hydrogens is 476 g/mol. The zero-order chi connectivity index (χ0) is 19.4. The molecule has 0 aliphatic carbocycles. The first-order valence-corrected chi connectivity index (χ1v) is 9.66. The third kappa shape index (κ3) is 4.87. The van der Waals surface area contributed by atoms with Crippen molar-refractivity contribution >= 4 is 54.3 Å². The van der Waals surface area contributed by atoms with Crippen molar-refractivity contribution in [2.24, 2.45) is 5.10 Å². The third-order valence-corrected chi connectivity index (χ3v) is 5.18. The van der Waals surface area contributed by atoms with Crippen molar-refractivity contribution in [2.75, 3.05) is 6.61 Å². The quantitative estimate of drug-likeness (QED) is 0.390. The Kier molecular flexibility index (Phi) is 6.13. The molecule has 0 aliphatic heterocycles. The van der Waals surface area contributed by atoms with Crippen LogP contribution in [0.2, 0.25) is 0 Å². The molecule has 3 rings (SSSR count). The van der Waals surface area contributed by atoms with Gasteiger partial charge in [-0.1, -0.05) is 28.1 Å². The van der Waals surface area contributed by atoms with Gasteiger partial charge < -0.3 is 9.84 Å². The number of nitrogens with one attached hydrogen (secondary N) is 1. The second-order valence-corrected chi connectivity index (χ2v) is 7.52. The number of hydrazone groups is 1. The molecule has 3 aromatic rings. The number of aromatic hydroxyl groups is 1. The number of benzene rings is 3. The molecule has 0 saturated heterocycles. The van der Waals surface area contributed by atoms with Crippen molar-refractivity contribution in [3.63, 3.8) is 0 Å². The highest BCUT2D eigenvalue weighted by Gasteiger charge is 2.09. The van der Waals surface area contributed by atoms with Gasteiger partial charge in [0.2, 0.25) is 0 Å². The number of phenolic OH excluding ortho intramolecular Hbond substituents is 1. The first kappa shape index (κ1) is 19.4. The summed E-state index contributed by atoms with van der Waals surface area (Å²) in [6.45, 7) is 1.61. The Hall–Kier alpha value is -2.38. The maximum atomic E-state index is 12.0. The number of fused-ring (bicyclic) bond motifs is 1. The number of halogens is 2. The molecule has 0 atom stereocenters. The second kappa shape index (κ2) is 8.54. The summed E-state index contributed by atoms with van der Waals surface area (Å²) in [5, 5.41) is 15.4. The smallest absolute Gasteiger partial charge is 0.277 e. The van der Waals surface area contributed by atoms with Crippen molar-refractivity contribution in [1.29, 1.82) is 0 Å². The molecule has 0 spiro atoms. The number of amides is 1. The van der Waals surface area contributed by atoms with E-state index < -0.39 is 0 Å². The van der Waals surface area contributed by atoms with Gasteiger partial charge in [0.1, 0.15) is 11.5 Å². The van der Waals surface area contributed by atoms with Crippen LogP contribution in [0.1, 0.15) is 12.5 Å². The molecule has 138 valence electrons. The fourth-order valence-electron chi connectivity index (χ4n) is 2.44. The minimum Gasteiger partial charge on any atom is -0.508 e. The lowest BCUT2D eigenvalue weighted by Crippen LogP contribution is -2.25. The Morgan fingerprint density at radius 3 is 2.59 bits per heavy atom. The first-order chi connectivity index (χ1) is 12.9. The highest BCUT2D eigenvalue weighted by atomic mass is 79.9. The van der Waals surface area contributed by atoms with E-state index in [1.807, 2.05) is 30.3 Å². The fraction of sp³-hybridized carbons (Fsp3) is 0.100. The number of rotatable bonds is 5. The average Bonchev–Trinajstić information content (AvgIpc) is 2.66. The monoisotopic (exact) mass is 490 g/mol. The van der Waals surface area contributed by atoms with E-state index in [4.69, 9.17) is 4.74 Å². The van der Waals surface area contributed by atoms with Crippen molar-refractivity contribution in [3.8, 4) is 11.5 Å². The van der Waals surface area contributed by atoms with Crippen molar-refractivity contribution < 1.29 is 14.6 Å². The Labute approximate surface area is 173 Å². The van der Waals surface area contributed by atoms with Gasteiger partial charge in [-0.15, -0.1) is 0 Å². The van der Waals surface area contributed by atoms with Gasteiger partial charge >= 0.3 is 0 Å². The first-order valence-electron chi connectivity index (χ1n) is 8.07. The fourth-order valence-corrected chi connectivity index (χ4v) is 3.43. The molecule has 7 heteroatoms. The van der Waals surface area contributed by atoms with Crippen molar-refractivity contribution in [3.05, 3.63) is 69.1 Å². The van der Waals surface area contributed by atoms with Crippen LogP contribution in [0.3, 0.4) is 0 Å². The van der Waals surface area contributed by atoms with Crippen LogP contribution in [0.15, 0.2) is 68.6 Å². The molecule has 3 aromatic carbocycles. The lowest BCUT2D eigenvalue weighted by molar-refractivity contribution is -0.123. The molecule has 5 nitrogen and oxygen atoms in total. The van der Waals surface area contributed by atoms with Crippen LogP contribution in [0.4, 0.5) is 0 Å². The molecule has 1 amide bonds. The summed E-state index contributed by atoms with van der Waals surface area (Å²) in [7, 11) is 0. The molecule has 0 aliphatic rings. The highest BCUT2D eigenvalue weighted by Crippen LogP contribution is 2.34. The van der Waals surface area contributed by atoms with E-state index in [-0.39, 0.29) is 18.3 Å². The minimum atomic E-state index is -0.365. The van der Waals surface area contributed by atoms with E-state index in [0.717, 1.165) is 25.3 Å². The number of nitrogens with zero attached hydrogens (tertiary/aromatic N) is 1. The second-order valence-electron chi connectivity index (χ2n) is 5.81. The van der Waals surface area contributed by atoms with Crippen LogP contribution >= 0.6 is 31.9 Å². The number of phenols is 1. The minimum absolute atomic E-state index is 0.160. The maximum absolute atomic E-state index is 12.0. The summed E-state index contributed by atoms with van der Waals surface area (Å²) in [5.74, 6) is 0.396. The zero-order valence-corrected chi connectivity index (χ0v) is 17.5. The van der Waals surface area contributed by atoms with Gasteiger partial charge in [-0.25, -0.2) is 5.43 Å². The molecule has 0 unspecified atom stereocenters. The summed E-state index contributed by atoms with van der Waals surface area (Å²) < 4.78 is 7.41. The number of hydrogen-bond acceptors (Lipinski definition) is 4. The van der Waals surface area contributed by atoms with Gasteiger partial charge in [-0.05, 0) is 81.7 Å². The summed E-state index contributed by atoms with van der Waals surface area (Å²) >= 11 is 6.99. The SMILES string of the molecule is C/C(=N\NC(=O)COc1ccc2cc(Br)ccc2c1Br)c1ccc(O)cc1. The summed E-state index contributed by atoms with van der Waals surface area (Å²) in [5.41, 5.74) is 3.90. The van der Waals surface area contributed by atoms with E-state index in [1.54, 1.807) is 31.2 Å². The number of ether oxygens (including phenoxy) is 1. The van der Waals surface area contributed by atoms with Crippen LogP contribution in [0.25, 0.3) is 10.8 Å². The van der Waals surface area contributed by atoms with Gasteiger partial charge in [0, 0.05) is 4.47 Å². The molecule has 2 N–H and O–H groups in total. The van der Waals surface area contributed by atoms with E-state index >= 15 is 0 Å². The van der Waals surface area contributed by atoms with Gasteiger partial charge in [0.15, 0.2) is 6.61 Å². The van der Waals surface area contributed by atoms with Crippen LogP contribution in [-0.4, -0.2) is 23.3 Å². The zero-order valence-electron chi connectivity index (χ0n) is 14.4. The van der Waals surface area contributed by atoms with Gasteiger partial charge in [-0.2, -0.15) is 5.10 Å². The molecular formula is C20H16Br2N2O3. The Balaban J connectivity index is 1.63. The normalized spacial score (nSPS) is 11.4. The molecule has 0 bridgehead atoms. The molecule has 0 fully saturated rings. The molecule has 0 saturated carbocycles. The Morgan fingerprint density at radius 1 is 1.11 bits per heavy atom. The molecule has 27 heavy (non-hydrogen) atoms. The molecule has 0 aromatic heterocycles. The number of carbonyl (C=O) groups is 1. The van der Waals surface area contributed by atoms with Gasteiger partial charge in [0.05, 0.1) is 10.2 Å². The van der Waals surface area contributed by atoms with Crippen LogP contribution < -0.4 is 10.2 Å². The lowest BCUT2D eigenvalue weighted by Gasteiger charge is -2.10. The van der Waals surface area contributed by atoms with Gasteiger partial charge in [0.25, 0.3) is 5.91 Å². The van der Waals surface area contributed by atoms with Crippen LogP contribution in [0.5, 0.6) is 11.5 Å². The largest absolute Gasteiger partial charge is 0.508 e. The van der Waals surface area contributed by atoms with E-state index in [0.29, 0.717) is 11.5 Å². The molecule has 0 heterocycles. The average molecular weight is 492 g/mol. The van der Waals surface area contributed by atoms with E-state index in [9.17, 15) is 9.90 Å². The maximum Gasteiger partial charge on any atom is 0.277 e. The topological polar surface area (TPSA) is 70.9 Å². The highest BCUT2D eigenvalue weighted by molar-refractivity contribution is 9.11. The van der Waals surface area contributed by atoms with E-state index in [2.05, 4.69) is 42.4 Å². The number of hydrogen-bond donors (Lipinski definition) is 2. The summed E-state index contributed by atoms with van der Waals surface area (Å²) in [4.78, 5) is 12.0. The van der Waals surface area contributed by atoms with Gasteiger partial charge in [-0.3, -0.25) is 4.79 Å². The standard InChI is InChI=1S/C20H16Br2N2O3/c1-12(13-2-6-16(25)7-3-13)23-24-19(26)11-27-18-9-4-14-10-15(21)5-8-17(14)20(18)22/h2-10,25H,11H2,1H3,(H,24,26)/b23-12+. The predicted molar refractivity (Wildman–Crippen MR) is 113 cm³/mol. The number of carbonyl (C=O) groups excluding carboxylic acids is 1. The van der Waals surface area contributed by atoms with Crippen LogP contribution in [0, 0.1) is 0 Å².